The lowest BCUT2D eigenvalue weighted by Crippen LogP contribution is -2.22. The van der Waals surface area contributed by atoms with E-state index < -0.39 is 18.0 Å². The van der Waals surface area contributed by atoms with Gasteiger partial charge in [-0.25, -0.2) is 14.4 Å². The van der Waals surface area contributed by atoms with E-state index in [1.165, 1.54) is 45.6 Å². The third-order valence-electron chi connectivity index (χ3n) is 3.50. The number of hydrogen-bond donors (Lipinski definition) is 2. The van der Waals surface area contributed by atoms with E-state index in [0.717, 1.165) is 0 Å². The zero-order chi connectivity index (χ0) is 20.0. The van der Waals surface area contributed by atoms with Gasteiger partial charge in [0.05, 0.1) is 43.8 Å². The molecule has 0 aromatic heterocycles. The fourth-order valence-corrected chi connectivity index (χ4v) is 2.41. The average molecular weight is 393 g/mol. The van der Waals surface area contributed by atoms with E-state index in [1.54, 1.807) is 12.1 Å². The van der Waals surface area contributed by atoms with Gasteiger partial charge in [-0.3, -0.25) is 0 Å². The molecule has 0 aliphatic rings. The van der Waals surface area contributed by atoms with Crippen molar-refractivity contribution in [3.8, 4) is 5.75 Å². The number of nitrogens with one attached hydrogen (secondary N) is 2. The highest BCUT2D eigenvalue weighted by Gasteiger charge is 2.18. The van der Waals surface area contributed by atoms with Crippen molar-refractivity contribution in [2.45, 2.75) is 0 Å². The van der Waals surface area contributed by atoms with E-state index in [9.17, 15) is 14.4 Å². The Balaban J connectivity index is 2.31. The summed E-state index contributed by atoms with van der Waals surface area (Å²) in [6.07, 6.45) is 0. The molecule has 0 heterocycles. The molecule has 2 N–H and O–H groups in total. The van der Waals surface area contributed by atoms with Crippen molar-refractivity contribution in [3.05, 3.63) is 52.5 Å². The minimum absolute atomic E-state index is 0.0679. The number of esters is 2. The van der Waals surface area contributed by atoms with Gasteiger partial charge in [0.15, 0.2) is 0 Å². The predicted molar refractivity (Wildman–Crippen MR) is 99.8 cm³/mol. The molecule has 27 heavy (non-hydrogen) atoms. The van der Waals surface area contributed by atoms with E-state index in [4.69, 9.17) is 21.1 Å². The molecule has 0 saturated heterocycles. The van der Waals surface area contributed by atoms with Gasteiger partial charge in [0.1, 0.15) is 5.75 Å². The molecular formula is C18H17ClN2O6. The highest BCUT2D eigenvalue weighted by Crippen LogP contribution is 2.28. The number of carbonyl (C=O) groups is 3. The van der Waals surface area contributed by atoms with Crippen molar-refractivity contribution in [1.29, 1.82) is 0 Å². The number of carbonyl (C=O) groups excluding carboxylic acids is 3. The van der Waals surface area contributed by atoms with Crippen LogP contribution in [0.15, 0.2) is 36.4 Å². The van der Waals surface area contributed by atoms with Crippen molar-refractivity contribution in [3.63, 3.8) is 0 Å². The number of halogens is 1. The molecule has 0 atom stereocenters. The SMILES string of the molecule is COC(=O)c1ccc(C(=O)OC)c(NC(=O)Nc2cc(Cl)ccc2OC)c1. The van der Waals surface area contributed by atoms with Crippen LogP contribution in [0, 0.1) is 0 Å². The molecule has 0 aliphatic heterocycles. The van der Waals surface area contributed by atoms with Crippen LogP contribution in [0.1, 0.15) is 20.7 Å². The Bertz CT molecular complexity index is 884. The summed E-state index contributed by atoms with van der Waals surface area (Å²) in [4.78, 5) is 36.0. The quantitative estimate of drug-likeness (QED) is 0.754. The van der Waals surface area contributed by atoms with Crippen LogP contribution in [0.4, 0.5) is 16.2 Å². The first-order valence-electron chi connectivity index (χ1n) is 7.61. The van der Waals surface area contributed by atoms with Crippen molar-refractivity contribution in [2.75, 3.05) is 32.0 Å². The molecule has 0 unspecified atom stereocenters. The molecule has 2 aromatic rings. The van der Waals surface area contributed by atoms with Crippen LogP contribution >= 0.6 is 11.6 Å². The van der Waals surface area contributed by atoms with Crippen LogP contribution in [0.25, 0.3) is 0 Å². The third kappa shape index (κ3) is 4.89. The summed E-state index contributed by atoms with van der Waals surface area (Å²) < 4.78 is 14.5. The summed E-state index contributed by atoms with van der Waals surface area (Å²) in [6.45, 7) is 0. The van der Waals surface area contributed by atoms with Gasteiger partial charge in [-0.1, -0.05) is 11.6 Å². The van der Waals surface area contributed by atoms with E-state index in [0.29, 0.717) is 16.5 Å². The molecule has 8 nitrogen and oxygen atoms in total. The Morgan fingerprint density at radius 2 is 1.52 bits per heavy atom. The van der Waals surface area contributed by atoms with Crippen LogP contribution in [-0.4, -0.2) is 39.3 Å². The summed E-state index contributed by atoms with van der Waals surface area (Å²) in [7, 11) is 3.88. The molecule has 0 spiro atoms. The number of amides is 2. The number of rotatable bonds is 5. The van der Waals surface area contributed by atoms with Gasteiger partial charge >= 0.3 is 18.0 Å². The number of hydrogen-bond acceptors (Lipinski definition) is 6. The summed E-state index contributed by atoms with van der Waals surface area (Å²) in [6, 6.07) is 8.09. The van der Waals surface area contributed by atoms with Crippen molar-refractivity contribution in [1.82, 2.24) is 0 Å². The molecule has 0 radical (unpaired) electrons. The molecule has 2 amide bonds. The lowest BCUT2D eigenvalue weighted by atomic mass is 10.1. The lowest BCUT2D eigenvalue weighted by Gasteiger charge is -2.14. The summed E-state index contributed by atoms with van der Waals surface area (Å²) in [5.41, 5.74) is 0.619. The Kier molecular flexibility index (Phi) is 6.62. The van der Waals surface area contributed by atoms with Crippen molar-refractivity contribution >= 4 is 40.9 Å². The standard InChI is InChI=1S/C18H17ClN2O6/c1-25-15-7-5-11(19)9-14(15)21-18(24)20-13-8-10(16(22)26-2)4-6-12(13)17(23)27-3/h4-9H,1-3H3,(H2,20,21,24). The van der Waals surface area contributed by atoms with Gasteiger partial charge in [0.25, 0.3) is 0 Å². The second-order valence-electron chi connectivity index (χ2n) is 5.17. The first-order valence-corrected chi connectivity index (χ1v) is 7.99. The molecule has 0 saturated carbocycles. The monoisotopic (exact) mass is 392 g/mol. The maximum Gasteiger partial charge on any atom is 0.339 e. The molecule has 142 valence electrons. The summed E-state index contributed by atoms with van der Waals surface area (Å²) in [5.74, 6) is -0.903. The minimum atomic E-state index is -0.679. The number of anilines is 2. The normalized spacial score (nSPS) is 9.93. The second-order valence-corrected chi connectivity index (χ2v) is 5.60. The van der Waals surface area contributed by atoms with E-state index in [-0.39, 0.29) is 16.8 Å². The number of methoxy groups -OCH3 is 3. The topological polar surface area (TPSA) is 103 Å². The first kappa shape index (κ1) is 20.1. The van der Waals surface area contributed by atoms with Crippen LogP contribution in [-0.2, 0) is 9.47 Å². The van der Waals surface area contributed by atoms with Crippen LogP contribution < -0.4 is 15.4 Å². The number of ether oxygens (including phenoxy) is 3. The maximum absolute atomic E-state index is 12.4. The van der Waals surface area contributed by atoms with E-state index in [2.05, 4.69) is 15.4 Å². The van der Waals surface area contributed by atoms with E-state index >= 15 is 0 Å². The van der Waals surface area contributed by atoms with Crippen LogP contribution in [0.3, 0.4) is 0 Å². The Labute approximate surface area is 160 Å². The van der Waals surface area contributed by atoms with Gasteiger partial charge in [-0.2, -0.15) is 0 Å². The lowest BCUT2D eigenvalue weighted by molar-refractivity contribution is 0.0587. The Morgan fingerprint density at radius 3 is 2.15 bits per heavy atom. The van der Waals surface area contributed by atoms with E-state index in [1.807, 2.05) is 0 Å². The Morgan fingerprint density at radius 1 is 0.852 bits per heavy atom. The molecule has 2 aromatic carbocycles. The predicted octanol–water partition coefficient (Wildman–Crippen LogP) is 3.57. The first-order chi connectivity index (χ1) is 12.9. The smallest absolute Gasteiger partial charge is 0.339 e. The highest BCUT2D eigenvalue weighted by atomic mass is 35.5. The molecule has 2 rings (SSSR count). The zero-order valence-electron chi connectivity index (χ0n) is 14.8. The molecule has 0 fully saturated rings. The number of benzene rings is 2. The van der Waals surface area contributed by atoms with Gasteiger partial charge < -0.3 is 24.8 Å². The molecule has 0 bridgehead atoms. The van der Waals surface area contributed by atoms with Crippen molar-refractivity contribution < 1.29 is 28.6 Å². The van der Waals surface area contributed by atoms with Gasteiger partial charge in [-0.15, -0.1) is 0 Å². The third-order valence-corrected chi connectivity index (χ3v) is 3.74. The van der Waals surface area contributed by atoms with Gasteiger partial charge in [0.2, 0.25) is 0 Å². The van der Waals surface area contributed by atoms with Gasteiger partial charge in [0, 0.05) is 5.02 Å². The van der Waals surface area contributed by atoms with Crippen LogP contribution in [0.5, 0.6) is 5.75 Å². The Hall–Kier alpha value is -3.26. The second kappa shape index (κ2) is 8.91. The largest absolute Gasteiger partial charge is 0.495 e. The average Bonchev–Trinajstić information content (AvgIpc) is 2.66. The van der Waals surface area contributed by atoms with Crippen LogP contribution in [0.2, 0.25) is 5.02 Å². The molecule has 0 aliphatic carbocycles. The molecule has 9 heteroatoms. The fourth-order valence-electron chi connectivity index (χ4n) is 2.23. The summed E-state index contributed by atoms with van der Waals surface area (Å²) >= 11 is 5.93. The number of urea groups is 1. The fraction of sp³-hybridized carbons (Fsp3) is 0.167. The van der Waals surface area contributed by atoms with Gasteiger partial charge in [-0.05, 0) is 36.4 Å². The van der Waals surface area contributed by atoms with Crippen molar-refractivity contribution in [2.24, 2.45) is 0 Å². The maximum atomic E-state index is 12.4. The molecular weight excluding hydrogens is 376 g/mol. The minimum Gasteiger partial charge on any atom is -0.495 e. The highest BCUT2D eigenvalue weighted by molar-refractivity contribution is 6.31. The summed E-state index contributed by atoms with van der Waals surface area (Å²) in [5, 5.41) is 5.47. The zero-order valence-corrected chi connectivity index (χ0v) is 15.5.